The number of aliphatic carboxylic acids is 1. The minimum atomic E-state index is -0.629. The molecule has 1 atom stereocenters. The van der Waals surface area contributed by atoms with E-state index >= 15 is 0 Å². The lowest BCUT2D eigenvalue weighted by Gasteiger charge is -2.45. The molecule has 0 aliphatic carbocycles. The Morgan fingerprint density at radius 3 is 2.42 bits per heavy atom. The van der Waals surface area contributed by atoms with Gasteiger partial charge in [0.25, 0.3) is 0 Å². The SMILES string of the molecule is CCN1CCCC(CC(=O)O)(N2CCCCC2)CC1. The average Bonchev–Trinajstić information content (AvgIpc) is 2.62. The highest BCUT2D eigenvalue weighted by Gasteiger charge is 2.40. The number of nitrogens with zero attached hydrogens (tertiary/aromatic N) is 2. The molecule has 2 rings (SSSR count). The minimum Gasteiger partial charge on any atom is -0.481 e. The number of likely N-dealkylation sites (tertiary alicyclic amines) is 2. The van der Waals surface area contributed by atoms with Crippen molar-refractivity contribution in [2.45, 2.75) is 57.4 Å². The molecule has 2 aliphatic heterocycles. The third kappa shape index (κ3) is 3.69. The van der Waals surface area contributed by atoms with Crippen molar-refractivity contribution >= 4 is 5.97 Å². The molecule has 2 saturated heterocycles. The van der Waals surface area contributed by atoms with Gasteiger partial charge in [0.2, 0.25) is 0 Å². The van der Waals surface area contributed by atoms with Crippen molar-refractivity contribution < 1.29 is 9.90 Å². The van der Waals surface area contributed by atoms with Gasteiger partial charge in [0.1, 0.15) is 0 Å². The molecule has 1 N–H and O–H groups in total. The maximum Gasteiger partial charge on any atom is 0.305 e. The Kier molecular flexibility index (Phi) is 5.22. The molecule has 4 heteroatoms. The zero-order chi connectivity index (χ0) is 13.7. The van der Waals surface area contributed by atoms with Crippen LogP contribution in [0.25, 0.3) is 0 Å². The fraction of sp³-hybridized carbons (Fsp3) is 0.933. The van der Waals surface area contributed by atoms with Crippen molar-refractivity contribution in [2.24, 2.45) is 0 Å². The lowest BCUT2D eigenvalue weighted by Crippen LogP contribution is -2.52. The van der Waals surface area contributed by atoms with Crippen LogP contribution >= 0.6 is 0 Å². The molecular formula is C15H28N2O2. The van der Waals surface area contributed by atoms with E-state index in [9.17, 15) is 9.90 Å². The van der Waals surface area contributed by atoms with Crippen molar-refractivity contribution in [3.05, 3.63) is 0 Å². The first-order valence-electron chi connectivity index (χ1n) is 7.85. The molecule has 0 radical (unpaired) electrons. The van der Waals surface area contributed by atoms with E-state index in [1.807, 2.05) is 0 Å². The summed E-state index contributed by atoms with van der Waals surface area (Å²) in [6.45, 7) is 7.67. The Morgan fingerprint density at radius 1 is 1.05 bits per heavy atom. The predicted octanol–water partition coefficient (Wildman–Crippen LogP) is 2.19. The van der Waals surface area contributed by atoms with Gasteiger partial charge >= 0.3 is 5.97 Å². The first-order valence-corrected chi connectivity index (χ1v) is 7.85. The maximum atomic E-state index is 11.3. The number of carbonyl (C=O) groups is 1. The summed E-state index contributed by atoms with van der Waals surface area (Å²) in [5.41, 5.74) is -0.0732. The highest BCUT2D eigenvalue weighted by atomic mass is 16.4. The molecule has 2 heterocycles. The van der Waals surface area contributed by atoms with Crippen molar-refractivity contribution in [3.8, 4) is 0 Å². The second kappa shape index (κ2) is 6.71. The summed E-state index contributed by atoms with van der Waals surface area (Å²) >= 11 is 0. The molecule has 110 valence electrons. The number of rotatable bonds is 4. The van der Waals surface area contributed by atoms with Gasteiger partial charge in [-0.15, -0.1) is 0 Å². The van der Waals surface area contributed by atoms with Crippen LogP contribution in [0.3, 0.4) is 0 Å². The predicted molar refractivity (Wildman–Crippen MR) is 76.4 cm³/mol. The maximum absolute atomic E-state index is 11.3. The Hall–Kier alpha value is -0.610. The van der Waals surface area contributed by atoms with Crippen LogP contribution < -0.4 is 0 Å². The quantitative estimate of drug-likeness (QED) is 0.849. The number of carboxylic acids is 1. The first kappa shape index (κ1) is 14.8. The lowest BCUT2D eigenvalue weighted by molar-refractivity contribution is -0.141. The highest BCUT2D eigenvalue weighted by Crippen LogP contribution is 2.34. The van der Waals surface area contributed by atoms with Gasteiger partial charge in [-0.3, -0.25) is 9.69 Å². The van der Waals surface area contributed by atoms with Gasteiger partial charge in [-0.25, -0.2) is 0 Å². The van der Waals surface area contributed by atoms with Gasteiger partial charge in [0.05, 0.1) is 6.42 Å². The van der Waals surface area contributed by atoms with E-state index in [2.05, 4.69) is 16.7 Å². The van der Waals surface area contributed by atoms with Crippen LogP contribution in [-0.4, -0.2) is 59.1 Å². The summed E-state index contributed by atoms with van der Waals surface area (Å²) in [6, 6.07) is 0. The van der Waals surface area contributed by atoms with E-state index in [0.717, 1.165) is 52.0 Å². The molecule has 2 aliphatic rings. The van der Waals surface area contributed by atoms with Crippen LogP contribution in [0.5, 0.6) is 0 Å². The van der Waals surface area contributed by atoms with E-state index in [0.29, 0.717) is 6.42 Å². The third-order valence-corrected chi connectivity index (χ3v) is 4.96. The van der Waals surface area contributed by atoms with Gasteiger partial charge in [0, 0.05) is 5.54 Å². The fourth-order valence-electron chi connectivity index (χ4n) is 3.81. The first-order chi connectivity index (χ1) is 9.16. The van der Waals surface area contributed by atoms with Crippen LogP contribution in [0.15, 0.2) is 0 Å². The summed E-state index contributed by atoms with van der Waals surface area (Å²) in [5, 5.41) is 9.34. The van der Waals surface area contributed by atoms with Gasteiger partial charge in [-0.1, -0.05) is 13.3 Å². The number of hydrogen-bond acceptors (Lipinski definition) is 3. The normalized spacial score (nSPS) is 31.0. The summed E-state index contributed by atoms with van der Waals surface area (Å²) < 4.78 is 0. The Morgan fingerprint density at radius 2 is 1.79 bits per heavy atom. The Bertz CT molecular complexity index is 303. The second-order valence-electron chi connectivity index (χ2n) is 6.13. The van der Waals surface area contributed by atoms with Crippen LogP contribution in [-0.2, 0) is 4.79 Å². The van der Waals surface area contributed by atoms with Crippen molar-refractivity contribution in [1.82, 2.24) is 9.80 Å². The molecule has 0 aromatic rings. The van der Waals surface area contributed by atoms with Crippen LogP contribution in [0.2, 0.25) is 0 Å². The van der Waals surface area contributed by atoms with E-state index in [1.165, 1.54) is 19.3 Å². The third-order valence-electron chi connectivity index (χ3n) is 4.96. The molecule has 19 heavy (non-hydrogen) atoms. The topological polar surface area (TPSA) is 43.8 Å². The van der Waals surface area contributed by atoms with Crippen LogP contribution in [0.1, 0.15) is 51.9 Å². The number of carboxylic acid groups (broad SMARTS) is 1. The lowest BCUT2D eigenvalue weighted by atomic mass is 9.83. The molecule has 1 unspecified atom stereocenters. The fourth-order valence-corrected chi connectivity index (χ4v) is 3.81. The molecule has 4 nitrogen and oxygen atoms in total. The highest BCUT2D eigenvalue weighted by molar-refractivity contribution is 5.68. The van der Waals surface area contributed by atoms with Crippen LogP contribution in [0.4, 0.5) is 0 Å². The molecule has 0 saturated carbocycles. The molecule has 0 spiro atoms. The van der Waals surface area contributed by atoms with Crippen molar-refractivity contribution in [3.63, 3.8) is 0 Å². The summed E-state index contributed by atoms with van der Waals surface area (Å²) in [7, 11) is 0. The Balaban J connectivity index is 2.11. The molecular weight excluding hydrogens is 240 g/mol. The minimum absolute atomic E-state index is 0.0732. The van der Waals surface area contributed by atoms with Gasteiger partial charge in [-0.05, 0) is 64.8 Å². The average molecular weight is 268 g/mol. The van der Waals surface area contributed by atoms with E-state index in [1.54, 1.807) is 0 Å². The van der Waals surface area contributed by atoms with Gasteiger partial charge in [-0.2, -0.15) is 0 Å². The second-order valence-corrected chi connectivity index (χ2v) is 6.13. The summed E-state index contributed by atoms with van der Waals surface area (Å²) in [5.74, 6) is -0.629. The molecule has 0 aromatic carbocycles. The van der Waals surface area contributed by atoms with E-state index < -0.39 is 5.97 Å². The van der Waals surface area contributed by atoms with Crippen molar-refractivity contribution in [2.75, 3.05) is 32.7 Å². The van der Waals surface area contributed by atoms with Crippen molar-refractivity contribution in [1.29, 1.82) is 0 Å². The largest absolute Gasteiger partial charge is 0.481 e. The van der Waals surface area contributed by atoms with Gasteiger partial charge < -0.3 is 10.0 Å². The molecule has 2 fully saturated rings. The zero-order valence-electron chi connectivity index (χ0n) is 12.2. The summed E-state index contributed by atoms with van der Waals surface area (Å²) in [6.07, 6.45) is 7.31. The number of hydrogen-bond donors (Lipinski definition) is 1. The molecule has 0 amide bonds. The van der Waals surface area contributed by atoms with Gasteiger partial charge in [0.15, 0.2) is 0 Å². The van der Waals surface area contributed by atoms with Crippen LogP contribution in [0, 0.1) is 0 Å². The monoisotopic (exact) mass is 268 g/mol. The standard InChI is InChI=1S/C15H28N2O2/c1-2-16-9-6-7-15(8-12-16,13-14(18)19)17-10-4-3-5-11-17/h2-13H2,1H3,(H,18,19). The smallest absolute Gasteiger partial charge is 0.305 e. The zero-order valence-corrected chi connectivity index (χ0v) is 12.2. The molecule has 0 aromatic heterocycles. The van der Waals surface area contributed by atoms with E-state index in [4.69, 9.17) is 0 Å². The van der Waals surface area contributed by atoms with E-state index in [-0.39, 0.29) is 5.54 Å². The Labute approximate surface area is 116 Å². The molecule has 0 bridgehead atoms. The number of piperidine rings is 1. The summed E-state index contributed by atoms with van der Waals surface area (Å²) in [4.78, 5) is 16.3.